The number of anilines is 2. The van der Waals surface area contributed by atoms with E-state index < -0.39 is 11.8 Å². The first-order valence-corrected chi connectivity index (χ1v) is 4.87. The van der Waals surface area contributed by atoms with Gasteiger partial charge in [0.1, 0.15) is 11.4 Å². The molecule has 2 aromatic rings. The lowest BCUT2D eigenvalue weighted by atomic mass is 10.2. The lowest BCUT2D eigenvalue weighted by molar-refractivity contribution is 0.0697. The fourth-order valence-corrected chi connectivity index (χ4v) is 1.38. The van der Waals surface area contributed by atoms with Crippen molar-refractivity contribution >= 4 is 17.3 Å². The molecule has 1 aromatic carbocycles. The zero-order valence-corrected chi connectivity index (χ0v) is 8.72. The summed E-state index contributed by atoms with van der Waals surface area (Å²) in [6.45, 7) is 0. The number of rotatable bonds is 3. The Hall–Kier alpha value is -2.43. The van der Waals surface area contributed by atoms with Gasteiger partial charge in [-0.05, 0) is 18.2 Å². The van der Waals surface area contributed by atoms with Gasteiger partial charge in [-0.2, -0.15) is 0 Å². The molecule has 0 atom stereocenters. The van der Waals surface area contributed by atoms with Crippen LogP contribution < -0.4 is 5.32 Å². The van der Waals surface area contributed by atoms with Gasteiger partial charge in [-0.3, -0.25) is 4.98 Å². The van der Waals surface area contributed by atoms with E-state index in [4.69, 9.17) is 5.11 Å². The van der Waals surface area contributed by atoms with Gasteiger partial charge in [0.15, 0.2) is 0 Å². The number of para-hydroxylation sites is 1. The minimum atomic E-state index is -1.11. The van der Waals surface area contributed by atoms with Crippen LogP contribution in [0.25, 0.3) is 0 Å². The molecule has 17 heavy (non-hydrogen) atoms. The molecular formula is C12H9FN2O2. The van der Waals surface area contributed by atoms with Crippen LogP contribution >= 0.6 is 0 Å². The Kier molecular flexibility index (Phi) is 3.00. The first kappa shape index (κ1) is 11.1. The van der Waals surface area contributed by atoms with Gasteiger partial charge in [0, 0.05) is 12.4 Å². The molecule has 0 radical (unpaired) electrons. The molecule has 0 fully saturated rings. The summed E-state index contributed by atoms with van der Waals surface area (Å²) >= 11 is 0. The number of carboxylic acids is 1. The number of carbonyl (C=O) groups is 1. The monoisotopic (exact) mass is 232 g/mol. The number of pyridine rings is 1. The molecule has 0 saturated heterocycles. The van der Waals surface area contributed by atoms with Crippen molar-refractivity contribution in [3.05, 3.63) is 54.1 Å². The summed E-state index contributed by atoms with van der Waals surface area (Å²) in [5.41, 5.74) is 0.523. The number of nitrogens with one attached hydrogen (secondary N) is 1. The summed E-state index contributed by atoms with van der Waals surface area (Å²) in [4.78, 5) is 14.6. The second kappa shape index (κ2) is 4.61. The third-order valence-electron chi connectivity index (χ3n) is 2.19. The van der Waals surface area contributed by atoms with Gasteiger partial charge in [0.2, 0.25) is 0 Å². The molecule has 1 aromatic heterocycles. The highest BCUT2D eigenvalue weighted by Gasteiger charge is 2.10. The fraction of sp³-hybridized carbons (Fsp3) is 0. The predicted octanol–water partition coefficient (Wildman–Crippen LogP) is 2.66. The van der Waals surface area contributed by atoms with Crippen molar-refractivity contribution in [2.24, 2.45) is 0 Å². The van der Waals surface area contributed by atoms with E-state index in [9.17, 15) is 9.18 Å². The number of hydrogen-bond acceptors (Lipinski definition) is 3. The van der Waals surface area contributed by atoms with E-state index in [-0.39, 0.29) is 11.3 Å². The van der Waals surface area contributed by atoms with Crippen molar-refractivity contribution in [1.82, 2.24) is 4.98 Å². The van der Waals surface area contributed by atoms with E-state index in [0.717, 1.165) is 0 Å². The molecule has 0 aliphatic rings. The predicted molar refractivity (Wildman–Crippen MR) is 60.9 cm³/mol. The Labute approximate surface area is 96.7 Å². The Balaban J connectivity index is 2.37. The van der Waals surface area contributed by atoms with Crippen molar-refractivity contribution in [3.8, 4) is 0 Å². The summed E-state index contributed by atoms with van der Waals surface area (Å²) < 4.78 is 13.4. The van der Waals surface area contributed by atoms with Gasteiger partial charge < -0.3 is 10.4 Å². The van der Waals surface area contributed by atoms with Crippen LogP contribution in [0.3, 0.4) is 0 Å². The van der Waals surface area contributed by atoms with Crippen LogP contribution in [-0.4, -0.2) is 16.1 Å². The zero-order chi connectivity index (χ0) is 12.3. The third-order valence-corrected chi connectivity index (χ3v) is 2.19. The molecule has 2 N–H and O–H groups in total. The van der Waals surface area contributed by atoms with Crippen LogP contribution in [0.2, 0.25) is 0 Å². The molecule has 0 unspecified atom stereocenters. The molecule has 2 rings (SSSR count). The third kappa shape index (κ3) is 2.39. The van der Waals surface area contributed by atoms with E-state index in [1.54, 1.807) is 12.1 Å². The highest BCUT2D eigenvalue weighted by atomic mass is 19.1. The van der Waals surface area contributed by atoms with Gasteiger partial charge in [-0.1, -0.05) is 12.1 Å². The van der Waals surface area contributed by atoms with Gasteiger partial charge >= 0.3 is 5.97 Å². The van der Waals surface area contributed by atoms with E-state index in [2.05, 4.69) is 10.3 Å². The maximum absolute atomic E-state index is 13.4. The van der Waals surface area contributed by atoms with E-state index in [1.807, 2.05) is 0 Å². The molecular weight excluding hydrogens is 223 g/mol. The minimum Gasteiger partial charge on any atom is -0.478 e. The van der Waals surface area contributed by atoms with Crippen LogP contribution in [0.1, 0.15) is 10.4 Å². The highest BCUT2D eigenvalue weighted by Crippen LogP contribution is 2.22. The number of carboxylic acid groups (broad SMARTS) is 1. The SMILES string of the molecule is O=C(O)c1cnccc1Nc1ccccc1F. The number of hydrogen-bond donors (Lipinski definition) is 2. The van der Waals surface area contributed by atoms with Gasteiger partial charge in [-0.15, -0.1) is 0 Å². The molecule has 5 heteroatoms. The number of nitrogens with zero attached hydrogens (tertiary/aromatic N) is 1. The number of aromatic nitrogens is 1. The first-order chi connectivity index (χ1) is 8.18. The van der Waals surface area contributed by atoms with Gasteiger partial charge in [0.25, 0.3) is 0 Å². The Morgan fingerprint density at radius 2 is 2.00 bits per heavy atom. The average molecular weight is 232 g/mol. The molecule has 0 aliphatic carbocycles. The molecule has 0 amide bonds. The summed E-state index contributed by atoms with van der Waals surface area (Å²) in [6.07, 6.45) is 2.65. The fourth-order valence-electron chi connectivity index (χ4n) is 1.38. The summed E-state index contributed by atoms with van der Waals surface area (Å²) in [5, 5.41) is 11.7. The standard InChI is InChI=1S/C12H9FN2O2/c13-9-3-1-2-4-11(9)15-10-5-6-14-7-8(10)12(16)17/h1-7H,(H,14,15)(H,16,17). The Morgan fingerprint density at radius 1 is 1.24 bits per heavy atom. The van der Waals surface area contributed by atoms with Crippen molar-refractivity contribution < 1.29 is 14.3 Å². The van der Waals surface area contributed by atoms with E-state index in [0.29, 0.717) is 5.69 Å². The minimum absolute atomic E-state index is 0.00393. The maximum Gasteiger partial charge on any atom is 0.339 e. The van der Waals surface area contributed by atoms with Crippen LogP contribution in [-0.2, 0) is 0 Å². The molecule has 4 nitrogen and oxygen atoms in total. The van der Waals surface area contributed by atoms with Gasteiger partial charge in [-0.25, -0.2) is 9.18 Å². The number of benzene rings is 1. The Morgan fingerprint density at radius 3 is 2.71 bits per heavy atom. The van der Waals surface area contributed by atoms with Crippen molar-refractivity contribution in [2.45, 2.75) is 0 Å². The lowest BCUT2D eigenvalue weighted by Gasteiger charge is -2.09. The molecule has 86 valence electrons. The number of aromatic carboxylic acids is 1. The molecule has 0 saturated carbocycles. The normalized spacial score (nSPS) is 9.94. The highest BCUT2D eigenvalue weighted by molar-refractivity contribution is 5.94. The maximum atomic E-state index is 13.4. The van der Waals surface area contributed by atoms with Gasteiger partial charge in [0.05, 0.1) is 11.4 Å². The molecule has 0 bridgehead atoms. The van der Waals surface area contributed by atoms with Crippen LogP contribution in [0.5, 0.6) is 0 Å². The Bertz CT molecular complexity index is 558. The van der Waals surface area contributed by atoms with Crippen molar-refractivity contribution in [1.29, 1.82) is 0 Å². The second-order valence-electron chi connectivity index (χ2n) is 3.33. The van der Waals surface area contributed by atoms with Crippen LogP contribution in [0.15, 0.2) is 42.7 Å². The number of halogens is 1. The quantitative estimate of drug-likeness (QED) is 0.853. The summed E-state index contributed by atoms with van der Waals surface area (Å²) in [7, 11) is 0. The van der Waals surface area contributed by atoms with Crippen molar-refractivity contribution in [3.63, 3.8) is 0 Å². The topological polar surface area (TPSA) is 62.2 Å². The van der Waals surface area contributed by atoms with Crippen molar-refractivity contribution in [2.75, 3.05) is 5.32 Å². The largest absolute Gasteiger partial charge is 0.478 e. The smallest absolute Gasteiger partial charge is 0.339 e. The summed E-state index contributed by atoms with van der Waals surface area (Å²) in [6, 6.07) is 7.53. The van der Waals surface area contributed by atoms with Crippen LogP contribution in [0, 0.1) is 5.82 Å². The summed E-state index contributed by atoms with van der Waals surface area (Å²) in [5.74, 6) is -1.56. The molecule has 0 aliphatic heterocycles. The van der Waals surface area contributed by atoms with E-state index >= 15 is 0 Å². The zero-order valence-electron chi connectivity index (χ0n) is 8.72. The average Bonchev–Trinajstić information content (AvgIpc) is 2.32. The first-order valence-electron chi connectivity index (χ1n) is 4.87. The second-order valence-corrected chi connectivity index (χ2v) is 3.33. The van der Waals surface area contributed by atoms with Crippen LogP contribution in [0.4, 0.5) is 15.8 Å². The molecule has 0 spiro atoms. The lowest BCUT2D eigenvalue weighted by Crippen LogP contribution is -2.04. The molecule has 1 heterocycles. The van der Waals surface area contributed by atoms with E-state index in [1.165, 1.54) is 30.6 Å².